The average molecular weight is 422 g/mol. The van der Waals surface area contributed by atoms with Crippen molar-refractivity contribution >= 4 is 5.97 Å². The summed E-state index contributed by atoms with van der Waals surface area (Å²) in [7, 11) is 1.49. The Morgan fingerprint density at radius 2 is 2.03 bits per heavy atom. The molecule has 0 aromatic carbocycles. The number of nitrogens with two attached hydrogens (primary N) is 1. The topological polar surface area (TPSA) is 111 Å². The van der Waals surface area contributed by atoms with Crippen molar-refractivity contribution in [2.24, 2.45) is 35.3 Å². The molecule has 4 N–H and O–H groups in total. The Balaban J connectivity index is 1.86. The van der Waals surface area contributed by atoms with E-state index in [0.29, 0.717) is 6.42 Å². The van der Waals surface area contributed by atoms with Crippen LogP contribution in [0.1, 0.15) is 34.1 Å². The third-order valence-corrected chi connectivity index (χ3v) is 8.02. The van der Waals surface area contributed by atoms with Crippen LogP contribution in [-0.4, -0.2) is 65.5 Å². The molecule has 30 heavy (non-hydrogen) atoms. The van der Waals surface area contributed by atoms with Crippen LogP contribution in [0.15, 0.2) is 23.8 Å². The number of methoxy groups -OCH3 is 1. The summed E-state index contributed by atoms with van der Waals surface area (Å²) in [6.07, 6.45) is 3.49. The molecule has 7 nitrogen and oxygen atoms in total. The molecule has 7 heteroatoms. The van der Waals surface area contributed by atoms with Crippen molar-refractivity contribution in [3.8, 4) is 0 Å². The van der Waals surface area contributed by atoms with Gasteiger partial charge in [0.15, 0.2) is 6.10 Å². The second-order valence-electron chi connectivity index (χ2n) is 9.71. The molecule has 0 radical (unpaired) electrons. The molecule has 0 amide bonds. The van der Waals surface area contributed by atoms with E-state index in [0.717, 1.165) is 5.57 Å². The molecule has 2 aliphatic carbocycles. The van der Waals surface area contributed by atoms with Gasteiger partial charge in [0, 0.05) is 42.7 Å². The van der Waals surface area contributed by atoms with Gasteiger partial charge in [-0.3, -0.25) is 0 Å². The number of aliphatic hydroxyl groups is 2. The van der Waals surface area contributed by atoms with Crippen LogP contribution < -0.4 is 5.73 Å². The van der Waals surface area contributed by atoms with Gasteiger partial charge >= 0.3 is 5.97 Å². The van der Waals surface area contributed by atoms with Crippen molar-refractivity contribution in [2.45, 2.75) is 76.3 Å². The second kappa shape index (κ2) is 7.71. The zero-order valence-corrected chi connectivity index (χ0v) is 18.4. The molecule has 4 aliphatic rings. The van der Waals surface area contributed by atoms with E-state index in [4.69, 9.17) is 19.9 Å². The van der Waals surface area contributed by atoms with Crippen LogP contribution in [0, 0.1) is 29.6 Å². The van der Waals surface area contributed by atoms with Gasteiger partial charge in [-0.25, -0.2) is 4.79 Å². The molecule has 0 aromatic heterocycles. The molecule has 2 heterocycles. The van der Waals surface area contributed by atoms with Crippen LogP contribution in [0.2, 0.25) is 0 Å². The summed E-state index contributed by atoms with van der Waals surface area (Å²) < 4.78 is 18.0. The van der Waals surface area contributed by atoms with Gasteiger partial charge in [0.05, 0.1) is 18.3 Å². The predicted molar refractivity (Wildman–Crippen MR) is 110 cm³/mol. The lowest BCUT2D eigenvalue weighted by atomic mass is 9.57. The fraction of sp³-hybridized carbons (Fsp3) is 0.783. The number of hydrogen-bond acceptors (Lipinski definition) is 7. The summed E-state index contributed by atoms with van der Waals surface area (Å²) in [5.41, 5.74) is 6.71. The third kappa shape index (κ3) is 3.01. The van der Waals surface area contributed by atoms with Gasteiger partial charge in [-0.15, -0.1) is 0 Å². The van der Waals surface area contributed by atoms with Crippen LogP contribution in [0.25, 0.3) is 0 Å². The SMILES string of the molecule is CO[C@H]1C[C@H]2C=C[C@H]3[C@@H]4O[C@]2(/C(C)=C\[C@@H](C)[C@@H]([C@@H](C)O)OC1=O)[C@@H]3[C@H](O)[C@@H](C)[C@@H]4N. The highest BCUT2D eigenvalue weighted by atomic mass is 16.6. The average Bonchev–Trinajstić information content (AvgIpc) is 2.91. The van der Waals surface area contributed by atoms with E-state index in [2.05, 4.69) is 12.2 Å². The highest BCUT2D eigenvalue weighted by Gasteiger charge is 2.67. The standard InChI is InChI=1S/C23H35NO6/c1-10-8-11(2)23-14(9-16(28-5)22(27)29-20(10)13(4)25)6-7-15-17(23)19(26)12(3)18(24)21(15)30-23/h6-8,10,12-21,25-26H,9,24H2,1-5H3/b11-8-/t10-,12+,13-,14-,15-,16+,17+,18+,19-,20+,21+,23+/m1/s1. The van der Waals surface area contributed by atoms with Gasteiger partial charge in [-0.1, -0.05) is 32.1 Å². The zero-order valence-electron chi connectivity index (χ0n) is 18.4. The first-order chi connectivity index (χ1) is 14.1. The zero-order chi connectivity index (χ0) is 22.0. The quantitative estimate of drug-likeness (QED) is 0.453. The van der Waals surface area contributed by atoms with E-state index in [-0.39, 0.29) is 41.7 Å². The van der Waals surface area contributed by atoms with E-state index >= 15 is 0 Å². The highest BCUT2D eigenvalue weighted by Crippen LogP contribution is 2.60. The van der Waals surface area contributed by atoms with E-state index in [1.807, 2.05) is 26.8 Å². The van der Waals surface area contributed by atoms with Crippen molar-refractivity contribution in [3.05, 3.63) is 23.8 Å². The van der Waals surface area contributed by atoms with Crippen molar-refractivity contribution in [1.29, 1.82) is 0 Å². The molecule has 1 saturated carbocycles. The lowest BCUT2D eigenvalue weighted by Crippen LogP contribution is -2.58. The van der Waals surface area contributed by atoms with Crippen molar-refractivity contribution in [3.63, 3.8) is 0 Å². The monoisotopic (exact) mass is 421 g/mol. The molecule has 4 bridgehead atoms. The number of cyclic esters (lactones) is 1. The Morgan fingerprint density at radius 1 is 1.33 bits per heavy atom. The Kier molecular flexibility index (Phi) is 5.64. The Bertz CT molecular complexity index is 750. The van der Waals surface area contributed by atoms with E-state index in [1.54, 1.807) is 6.92 Å². The summed E-state index contributed by atoms with van der Waals surface area (Å²) in [5.74, 6) is -1.09. The summed E-state index contributed by atoms with van der Waals surface area (Å²) in [6.45, 7) is 7.54. The first-order valence-electron chi connectivity index (χ1n) is 11.0. The van der Waals surface area contributed by atoms with Crippen molar-refractivity contribution in [1.82, 2.24) is 0 Å². The first-order valence-corrected chi connectivity index (χ1v) is 11.0. The maximum absolute atomic E-state index is 12.9. The van der Waals surface area contributed by atoms with Crippen LogP contribution in [0.3, 0.4) is 0 Å². The molecule has 168 valence electrons. The fourth-order valence-electron chi connectivity index (χ4n) is 6.41. The molecule has 2 aliphatic heterocycles. The minimum Gasteiger partial charge on any atom is -0.457 e. The van der Waals surface area contributed by atoms with Gasteiger partial charge in [-0.05, 0) is 25.8 Å². The van der Waals surface area contributed by atoms with Gasteiger partial charge in [0.1, 0.15) is 11.7 Å². The highest BCUT2D eigenvalue weighted by molar-refractivity contribution is 5.75. The number of rotatable bonds is 2. The Morgan fingerprint density at radius 3 is 2.67 bits per heavy atom. The maximum atomic E-state index is 12.9. The lowest BCUT2D eigenvalue weighted by molar-refractivity contribution is -0.172. The Hall–Kier alpha value is -1.25. The number of ether oxygens (including phenoxy) is 3. The number of aliphatic hydroxyl groups excluding tert-OH is 2. The molecule has 2 fully saturated rings. The predicted octanol–water partition coefficient (Wildman–Crippen LogP) is 1.17. The summed E-state index contributed by atoms with van der Waals surface area (Å²) in [5, 5.41) is 21.5. The largest absolute Gasteiger partial charge is 0.457 e. The van der Waals surface area contributed by atoms with Gasteiger partial charge < -0.3 is 30.2 Å². The van der Waals surface area contributed by atoms with Crippen molar-refractivity contribution < 1.29 is 29.2 Å². The van der Waals surface area contributed by atoms with E-state index in [1.165, 1.54) is 7.11 Å². The van der Waals surface area contributed by atoms with Gasteiger partial charge in [0.2, 0.25) is 0 Å². The normalized spacial score (nSPS) is 53.3. The smallest absolute Gasteiger partial charge is 0.335 e. The molecule has 12 atom stereocenters. The number of carbonyl (C=O) groups excluding carboxylic acids is 1. The van der Waals surface area contributed by atoms with E-state index in [9.17, 15) is 15.0 Å². The number of carbonyl (C=O) groups is 1. The van der Waals surface area contributed by atoms with Crippen molar-refractivity contribution in [2.75, 3.05) is 7.11 Å². The third-order valence-electron chi connectivity index (χ3n) is 8.02. The second-order valence-corrected chi connectivity index (χ2v) is 9.71. The molecule has 0 unspecified atom stereocenters. The van der Waals surface area contributed by atoms with Crippen LogP contribution in [0.4, 0.5) is 0 Å². The fourth-order valence-corrected chi connectivity index (χ4v) is 6.41. The molecule has 4 rings (SSSR count). The van der Waals surface area contributed by atoms with Crippen LogP contribution in [-0.2, 0) is 19.0 Å². The summed E-state index contributed by atoms with van der Waals surface area (Å²) in [4.78, 5) is 12.9. The molecule has 1 spiro atoms. The van der Waals surface area contributed by atoms with Gasteiger partial charge in [-0.2, -0.15) is 0 Å². The van der Waals surface area contributed by atoms with E-state index < -0.39 is 36.0 Å². The Labute approximate surface area is 178 Å². The lowest BCUT2D eigenvalue weighted by Gasteiger charge is -2.48. The minimum atomic E-state index is -0.833. The molecule has 0 aromatic rings. The molecular weight excluding hydrogens is 386 g/mol. The number of esters is 1. The number of hydrogen-bond donors (Lipinski definition) is 3. The molecule has 1 saturated heterocycles. The maximum Gasteiger partial charge on any atom is 0.335 e. The van der Waals surface area contributed by atoms with Crippen LogP contribution >= 0.6 is 0 Å². The minimum absolute atomic E-state index is 0.0320. The summed E-state index contributed by atoms with van der Waals surface area (Å²) in [6, 6.07) is -0.266. The summed E-state index contributed by atoms with van der Waals surface area (Å²) >= 11 is 0. The molecular formula is C23H35NO6. The van der Waals surface area contributed by atoms with Gasteiger partial charge in [0.25, 0.3) is 0 Å². The first kappa shape index (κ1) is 22.0. The van der Waals surface area contributed by atoms with Crippen LogP contribution in [0.5, 0.6) is 0 Å².